The molecule has 1 aliphatic heterocycles. The van der Waals surface area contributed by atoms with Crippen molar-refractivity contribution in [2.45, 2.75) is 63.6 Å². The third-order valence-electron chi connectivity index (χ3n) is 7.58. The van der Waals surface area contributed by atoms with E-state index >= 15 is 0 Å². The maximum Gasteiger partial charge on any atom is 0.214 e. The van der Waals surface area contributed by atoms with Crippen molar-refractivity contribution in [3.8, 4) is 0 Å². The van der Waals surface area contributed by atoms with Gasteiger partial charge in [-0.15, -0.1) is 0 Å². The molecule has 188 valence electrons. The quantitative estimate of drug-likeness (QED) is 0.438. The molecule has 1 heterocycles. The molecule has 0 aromatic heterocycles. The zero-order valence-corrected chi connectivity index (χ0v) is 21.0. The first-order chi connectivity index (χ1) is 17.1. The minimum absolute atomic E-state index is 0.0458. The molecule has 3 aliphatic rings. The average molecular weight is 478 g/mol. The van der Waals surface area contributed by atoms with Gasteiger partial charge >= 0.3 is 0 Å². The molecule has 6 nitrogen and oxygen atoms in total. The molecular weight excluding hydrogens is 438 g/mol. The van der Waals surface area contributed by atoms with E-state index in [-0.39, 0.29) is 29.7 Å². The van der Waals surface area contributed by atoms with E-state index < -0.39 is 0 Å². The van der Waals surface area contributed by atoms with Crippen LogP contribution < -0.4 is 16.0 Å². The van der Waals surface area contributed by atoms with Crippen molar-refractivity contribution >= 4 is 17.9 Å². The Balaban J connectivity index is 0.000000656. The van der Waals surface area contributed by atoms with E-state index in [2.05, 4.69) is 24.4 Å². The number of benzene rings is 2. The maximum atomic E-state index is 13.7. The lowest BCUT2D eigenvalue weighted by atomic mass is 9.65. The van der Waals surface area contributed by atoms with E-state index in [0.717, 1.165) is 49.3 Å². The number of nitrogens with zero attached hydrogens (tertiary/aromatic N) is 1. The lowest BCUT2D eigenvalue weighted by Gasteiger charge is -2.48. The second kappa shape index (κ2) is 11.9. The van der Waals surface area contributed by atoms with Gasteiger partial charge in [-0.05, 0) is 60.9 Å². The second-order valence-electron chi connectivity index (χ2n) is 10.2. The monoisotopic (exact) mass is 477 g/mol. The summed E-state index contributed by atoms with van der Waals surface area (Å²) in [6.07, 6.45) is 6.41. The Kier molecular flexibility index (Phi) is 8.71. The van der Waals surface area contributed by atoms with E-state index in [9.17, 15) is 9.59 Å². The Bertz CT molecular complexity index is 992. The Morgan fingerprint density at radius 1 is 1.14 bits per heavy atom. The summed E-state index contributed by atoms with van der Waals surface area (Å²) >= 11 is 0. The summed E-state index contributed by atoms with van der Waals surface area (Å²) in [5, 5.41) is 3.64. The predicted molar refractivity (Wildman–Crippen MR) is 140 cm³/mol. The van der Waals surface area contributed by atoms with Crippen molar-refractivity contribution in [3.63, 3.8) is 0 Å². The summed E-state index contributed by atoms with van der Waals surface area (Å²) in [5.41, 5.74) is 9.19. The van der Waals surface area contributed by atoms with Gasteiger partial charge in [0.1, 0.15) is 0 Å². The summed E-state index contributed by atoms with van der Waals surface area (Å²) in [6, 6.07) is 15.9. The fraction of sp³-hybridized carbons (Fsp3) is 0.517. The van der Waals surface area contributed by atoms with Crippen LogP contribution in [0.4, 0.5) is 5.69 Å². The number of amides is 1. The molecule has 2 aliphatic carbocycles. The Morgan fingerprint density at radius 2 is 1.89 bits per heavy atom. The van der Waals surface area contributed by atoms with Gasteiger partial charge in [-0.25, -0.2) is 0 Å². The van der Waals surface area contributed by atoms with Crippen molar-refractivity contribution in [2.75, 3.05) is 25.2 Å². The number of ether oxygens (including phenoxy) is 1. The highest BCUT2D eigenvalue weighted by molar-refractivity contribution is 6.08. The van der Waals surface area contributed by atoms with Crippen LogP contribution in [0.3, 0.4) is 0 Å². The lowest BCUT2D eigenvalue weighted by molar-refractivity contribution is -0.108. The van der Waals surface area contributed by atoms with E-state index in [1.807, 2.05) is 36.4 Å². The van der Waals surface area contributed by atoms with Crippen LogP contribution in [-0.4, -0.2) is 44.5 Å². The second-order valence-corrected chi connectivity index (χ2v) is 10.2. The van der Waals surface area contributed by atoms with Crippen LogP contribution in [0.25, 0.3) is 0 Å². The van der Waals surface area contributed by atoms with Crippen molar-refractivity contribution in [1.29, 1.82) is 0 Å². The number of fused-ring (bicyclic) bond motifs is 2. The topological polar surface area (TPSA) is 84.7 Å². The molecule has 4 atom stereocenters. The van der Waals surface area contributed by atoms with E-state index in [1.165, 1.54) is 12.8 Å². The normalized spacial score (nSPS) is 25.2. The minimum Gasteiger partial charge on any atom is -0.385 e. The number of rotatable bonds is 8. The fourth-order valence-electron chi connectivity index (χ4n) is 5.43. The highest BCUT2D eigenvalue weighted by Gasteiger charge is 2.49. The number of carbonyl (C=O) groups excluding carboxylic acids is 2. The number of anilines is 1. The van der Waals surface area contributed by atoms with Crippen LogP contribution in [0.2, 0.25) is 0 Å². The van der Waals surface area contributed by atoms with Crippen molar-refractivity contribution in [1.82, 2.24) is 5.32 Å². The van der Waals surface area contributed by atoms with Crippen LogP contribution in [0.1, 0.15) is 66.4 Å². The summed E-state index contributed by atoms with van der Waals surface area (Å²) in [4.78, 5) is 27.8. The van der Waals surface area contributed by atoms with E-state index in [1.54, 1.807) is 12.0 Å². The molecule has 2 aromatic rings. The molecule has 5 rings (SSSR count). The molecular formula is C29H39N3O3. The number of methoxy groups -OCH3 is 1. The lowest BCUT2D eigenvalue weighted by Crippen LogP contribution is -2.56. The van der Waals surface area contributed by atoms with Crippen LogP contribution >= 0.6 is 0 Å². The number of hydrogen-bond acceptors (Lipinski definition) is 5. The molecule has 2 aromatic carbocycles. The van der Waals surface area contributed by atoms with Crippen molar-refractivity contribution in [2.24, 2.45) is 17.6 Å². The predicted octanol–water partition coefficient (Wildman–Crippen LogP) is 4.28. The SMILES string of the molecule is CC1CC1.COCCCNC1CC(c2ccccc2)C2C(=O)c3cc(CN)ccc3N(C=O)C2C1. The molecule has 35 heavy (non-hydrogen) atoms. The van der Waals surface area contributed by atoms with Crippen LogP contribution in [0, 0.1) is 11.8 Å². The number of Topliss-reactive ketones (excluding diaryl/α,β-unsaturated/α-hetero) is 1. The van der Waals surface area contributed by atoms with Gasteiger partial charge in [-0.2, -0.15) is 0 Å². The molecule has 0 bridgehead atoms. The van der Waals surface area contributed by atoms with Gasteiger partial charge in [-0.1, -0.05) is 56.2 Å². The molecule has 6 heteroatoms. The zero-order chi connectivity index (χ0) is 24.8. The third-order valence-corrected chi connectivity index (χ3v) is 7.58. The molecule has 1 amide bonds. The first kappa shape index (κ1) is 25.5. The number of ketones is 1. The number of nitrogens with one attached hydrogen (secondary N) is 1. The zero-order valence-electron chi connectivity index (χ0n) is 21.0. The van der Waals surface area contributed by atoms with Gasteiger partial charge in [0, 0.05) is 37.9 Å². The molecule has 3 N–H and O–H groups in total. The van der Waals surface area contributed by atoms with Gasteiger partial charge in [0.2, 0.25) is 6.41 Å². The number of carbonyl (C=O) groups is 2. The molecule has 0 radical (unpaired) electrons. The van der Waals surface area contributed by atoms with Crippen molar-refractivity contribution < 1.29 is 14.3 Å². The maximum absolute atomic E-state index is 13.7. The molecule has 4 unspecified atom stereocenters. The van der Waals surface area contributed by atoms with Crippen LogP contribution in [0.5, 0.6) is 0 Å². The average Bonchev–Trinajstić information content (AvgIpc) is 3.69. The summed E-state index contributed by atoms with van der Waals surface area (Å²) in [5.74, 6) is 0.995. The van der Waals surface area contributed by atoms with Crippen molar-refractivity contribution in [3.05, 3.63) is 65.2 Å². The van der Waals surface area contributed by atoms with Gasteiger partial charge in [-0.3, -0.25) is 9.59 Å². The van der Waals surface area contributed by atoms with Gasteiger partial charge in [0.25, 0.3) is 0 Å². The first-order valence-corrected chi connectivity index (χ1v) is 13.0. The fourth-order valence-corrected chi connectivity index (χ4v) is 5.43. The molecule has 0 spiro atoms. The number of nitrogens with two attached hydrogens (primary N) is 1. The summed E-state index contributed by atoms with van der Waals surface area (Å²) in [6.45, 7) is 4.21. The Morgan fingerprint density at radius 3 is 2.51 bits per heavy atom. The molecule has 2 fully saturated rings. The smallest absolute Gasteiger partial charge is 0.214 e. The van der Waals surface area contributed by atoms with Crippen LogP contribution in [-0.2, 0) is 16.1 Å². The van der Waals surface area contributed by atoms with Crippen LogP contribution in [0.15, 0.2) is 48.5 Å². The van der Waals surface area contributed by atoms with Gasteiger partial charge in [0.15, 0.2) is 5.78 Å². The first-order valence-electron chi connectivity index (χ1n) is 13.0. The molecule has 2 saturated carbocycles. The van der Waals surface area contributed by atoms with E-state index in [0.29, 0.717) is 24.4 Å². The Hall–Kier alpha value is -2.54. The highest BCUT2D eigenvalue weighted by atomic mass is 16.5. The molecule has 0 saturated heterocycles. The van der Waals surface area contributed by atoms with E-state index in [4.69, 9.17) is 10.5 Å². The highest BCUT2D eigenvalue weighted by Crippen LogP contribution is 2.47. The minimum atomic E-state index is -0.259. The van der Waals surface area contributed by atoms with Gasteiger partial charge < -0.3 is 20.7 Å². The summed E-state index contributed by atoms with van der Waals surface area (Å²) in [7, 11) is 1.71. The standard InChI is InChI=1S/C25H31N3O3.C4H8/c1-31-11-5-10-27-19-13-20(18-6-3-2-4-7-18)24-23(14-19)28(16-29)22-9-8-17(15-26)12-21(22)25(24)30;1-4-2-3-4/h2-4,6-9,12,16,19-20,23-24,27H,5,10-11,13-15,26H2,1H3;4H,2-3H2,1H3. The Labute approximate surface area is 209 Å². The third kappa shape index (κ3) is 6.00. The summed E-state index contributed by atoms with van der Waals surface area (Å²) < 4.78 is 5.17. The largest absolute Gasteiger partial charge is 0.385 e. The van der Waals surface area contributed by atoms with Gasteiger partial charge in [0.05, 0.1) is 11.6 Å². The number of hydrogen-bond donors (Lipinski definition) is 2.